The Morgan fingerprint density at radius 3 is 2.95 bits per heavy atom. The summed E-state index contributed by atoms with van der Waals surface area (Å²) in [5.74, 6) is 1.23. The Labute approximate surface area is 119 Å². The lowest BCUT2D eigenvalue weighted by Gasteiger charge is -2.08. The Kier molecular flexibility index (Phi) is 5.65. The fraction of sp³-hybridized carbons (Fsp3) is 0.375. The Morgan fingerprint density at radius 1 is 1.25 bits per heavy atom. The van der Waals surface area contributed by atoms with Crippen LogP contribution in [0.5, 0.6) is 5.75 Å². The van der Waals surface area contributed by atoms with E-state index in [-0.39, 0.29) is 0 Å². The molecule has 1 aromatic heterocycles. The largest absolute Gasteiger partial charge is 0.507 e. The van der Waals surface area contributed by atoms with E-state index in [0.29, 0.717) is 25.5 Å². The zero-order valence-corrected chi connectivity index (χ0v) is 11.8. The second-order valence-electron chi connectivity index (χ2n) is 4.74. The topological polar surface area (TPSA) is 54.6 Å². The van der Waals surface area contributed by atoms with E-state index in [9.17, 15) is 5.11 Å². The van der Waals surface area contributed by atoms with Crippen LogP contribution in [0.2, 0.25) is 0 Å². The van der Waals surface area contributed by atoms with Crippen LogP contribution in [0, 0.1) is 6.92 Å². The van der Waals surface area contributed by atoms with Gasteiger partial charge in [-0.1, -0.05) is 18.2 Å². The summed E-state index contributed by atoms with van der Waals surface area (Å²) in [4.78, 5) is 0. The zero-order valence-electron chi connectivity index (χ0n) is 11.8. The van der Waals surface area contributed by atoms with E-state index < -0.39 is 0 Å². The van der Waals surface area contributed by atoms with Gasteiger partial charge in [0.05, 0.1) is 6.26 Å². The van der Waals surface area contributed by atoms with E-state index in [4.69, 9.17) is 9.15 Å². The molecule has 0 bridgehead atoms. The second kappa shape index (κ2) is 7.72. The molecule has 0 saturated carbocycles. The van der Waals surface area contributed by atoms with Crippen molar-refractivity contribution in [1.29, 1.82) is 0 Å². The summed E-state index contributed by atoms with van der Waals surface area (Å²) in [5.41, 5.74) is 1.84. The first kappa shape index (κ1) is 14.6. The predicted octanol–water partition coefficient (Wildman–Crippen LogP) is 2.99. The number of aromatic hydroxyl groups is 1. The minimum Gasteiger partial charge on any atom is -0.507 e. The van der Waals surface area contributed by atoms with Crippen molar-refractivity contribution in [2.75, 3.05) is 13.2 Å². The molecule has 4 heteroatoms. The van der Waals surface area contributed by atoms with Crippen molar-refractivity contribution in [3.63, 3.8) is 0 Å². The number of phenolic OH excluding ortho intramolecular Hbond substituents is 1. The standard InChI is InChI=1S/C16H21NO3/c1-13-5-2-6-14(16(13)18)11-17-8-4-9-19-12-15-7-3-10-20-15/h2-3,5-7,10,17-18H,4,8-9,11-12H2,1H3. The number of aryl methyl sites for hydroxylation is 1. The van der Waals surface area contributed by atoms with Crippen LogP contribution in [0.3, 0.4) is 0 Å². The van der Waals surface area contributed by atoms with Gasteiger partial charge in [-0.15, -0.1) is 0 Å². The van der Waals surface area contributed by atoms with E-state index in [0.717, 1.165) is 29.9 Å². The lowest BCUT2D eigenvalue weighted by molar-refractivity contribution is 0.104. The molecule has 1 aromatic carbocycles. The molecular weight excluding hydrogens is 254 g/mol. The van der Waals surface area contributed by atoms with Gasteiger partial charge >= 0.3 is 0 Å². The van der Waals surface area contributed by atoms with Gasteiger partial charge in [0.2, 0.25) is 0 Å². The predicted molar refractivity (Wildman–Crippen MR) is 77.5 cm³/mol. The van der Waals surface area contributed by atoms with Gasteiger partial charge in [0.1, 0.15) is 18.1 Å². The van der Waals surface area contributed by atoms with E-state index in [1.807, 2.05) is 37.3 Å². The van der Waals surface area contributed by atoms with Gasteiger partial charge in [-0.05, 0) is 37.6 Å². The van der Waals surface area contributed by atoms with E-state index in [1.54, 1.807) is 6.26 Å². The van der Waals surface area contributed by atoms with Crippen molar-refractivity contribution in [3.05, 3.63) is 53.5 Å². The molecule has 0 aliphatic carbocycles. The molecule has 0 amide bonds. The molecule has 0 atom stereocenters. The van der Waals surface area contributed by atoms with Crippen LogP contribution in [-0.4, -0.2) is 18.3 Å². The van der Waals surface area contributed by atoms with E-state index >= 15 is 0 Å². The van der Waals surface area contributed by atoms with Crippen LogP contribution in [0.25, 0.3) is 0 Å². The number of hydrogen-bond acceptors (Lipinski definition) is 4. The maximum absolute atomic E-state index is 9.87. The van der Waals surface area contributed by atoms with Gasteiger partial charge < -0.3 is 19.6 Å². The summed E-state index contributed by atoms with van der Waals surface area (Å²) in [7, 11) is 0. The summed E-state index contributed by atoms with van der Waals surface area (Å²) < 4.78 is 10.7. The fourth-order valence-electron chi connectivity index (χ4n) is 1.95. The quantitative estimate of drug-likeness (QED) is 0.727. The number of rotatable bonds is 8. The van der Waals surface area contributed by atoms with Gasteiger partial charge in [-0.25, -0.2) is 0 Å². The molecule has 2 aromatic rings. The minimum absolute atomic E-state index is 0.383. The summed E-state index contributed by atoms with van der Waals surface area (Å²) in [6.07, 6.45) is 2.57. The first-order valence-corrected chi connectivity index (χ1v) is 6.85. The van der Waals surface area contributed by atoms with Crippen LogP contribution >= 0.6 is 0 Å². The molecule has 0 spiro atoms. The Hall–Kier alpha value is -1.78. The summed E-state index contributed by atoms with van der Waals surface area (Å²) in [6.45, 7) is 4.64. The van der Waals surface area contributed by atoms with Gasteiger partial charge in [0, 0.05) is 18.7 Å². The van der Waals surface area contributed by atoms with E-state index in [1.165, 1.54) is 0 Å². The Morgan fingerprint density at radius 2 is 2.15 bits per heavy atom. The summed E-state index contributed by atoms with van der Waals surface area (Å²) in [6, 6.07) is 9.55. The van der Waals surface area contributed by atoms with Crippen molar-refractivity contribution < 1.29 is 14.3 Å². The normalized spacial score (nSPS) is 10.8. The highest BCUT2D eigenvalue weighted by molar-refractivity contribution is 5.39. The number of furan rings is 1. The maximum atomic E-state index is 9.87. The van der Waals surface area contributed by atoms with Crippen molar-refractivity contribution >= 4 is 0 Å². The van der Waals surface area contributed by atoms with Gasteiger partial charge in [-0.3, -0.25) is 0 Å². The fourth-order valence-corrected chi connectivity index (χ4v) is 1.95. The van der Waals surface area contributed by atoms with Crippen molar-refractivity contribution in [1.82, 2.24) is 5.32 Å². The SMILES string of the molecule is Cc1cccc(CNCCCOCc2ccco2)c1O. The molecule has 0 aliphatic heterocycles. The molecular formula is C16H21NO3. The van der Waals surface area contributed by atoms with Crippen molar-refractivity contribution in [3.8, 4) is 5.75 Å². The molecule has 0 saturated heterocycles. The van der Waals surface area contributed by atoms with Crippen molar-refractivity contribution in [2.24, 2.45) is 0 Å². The third-order valence-corrected chi connectivity index (χ3v) is 3.10. The molecule has 0 radical (unpaired) electrons. The highest BCUT2D eigenvalue weighted by Gasteiger charge is 2.02. The van der Waals surface area contributed by atoms with Crippen LogP contribution in [0.15, 0.2) is 41.0 Å². The molecule has 108 valence electrons. The number of ether oxygens (including phenoxy) is 1. The first-order chi connectivity index (χ1) is 9.77. The van der Waals surface area contributed by atoms with Gasteiger partial charge in [0.25, 0.3) is 0 Å². The lowest BCUT2D eigenvalue weighted by atomic mass is 10.1. The molecule has 0 fully saturated rings. The molecule has 4 nitrogen and oxygen atoms in total. The van der Waals surface area contributed by atoms with Gasteiger partial charge in [-0.2, -0.15) is 0 Å². The number of nitrogens with one attached hydrogen (secondary N) is 1. The molecule has 2 rings (SSSR count). The second-order valence-corrected chi connectivity index (χ2v) is 4.74. The number of para-hydroxylation sites is 1. The summed E-state index contributed by atoms with van der Waals surface area (Å²) in [5, 5.41) is 13.2. The Balaban J connectivity index is 1.56. The average molecular weight is 275 g/mol. The third kappa shape index (κ3) is 4.40. The van der Waals surface area contributed by atoms with Gasteiger partial charge in [0.15, 0.2) is 0 Å². The van der Waals surface area contributed by atoms with Crippen molar-refractivity contribution in [2.45, 2.75) is 26.5 Å². The molecule has 0 aliphatic rings. The highest BCUT2D eigenvalue weighted by atomic mass is 16.5. The third-order valence-electron chi connectivity index (χ3n) is 3.10. The van der Waals surface area contributed by atoms with Crippen LogP contribution < -0.4 is 5.32 Å². The Bertz CT molecular complexity index is 508. The molecule has 20 heavy (non-hydrogen) atoms. The summed E-state index contributed by atoms with van der Waals surface area (Å²) >= 11 is 0. The molecule has 1 heterocycles. The van der Waals surface area contributed by atoms with Crippen LogP contribution in [0.1, 0.15) is 23.3 Å². The molecule has 2 N–H and O–H groups in total. The number of hydrogen-bond donors (Lipinski definition) is 2. The highest BCUT2D eigenvalue weighted by Crippen LogP contribution is 2.20. The number of benzene rings is 1. The zero-order chi connectivity index (χ0) is 14.2. The monoisotopic (exact) mass is 275 g/mol. The smallest absolute Gasteiger partial charge is 0.129 e. The van der Waals surface area contributed by atoms with Crippen LogP contribution in [-0.2, 0) is 17.9 Å². The minimum atomic E-state index is 0.383. The lowest BCUT2D eigenvalue weighted by Crippen LogP contribution is -2.16. The van der Waals surface area contributed by atoms with E-state index in [2.05, 4.69) is 5.32 Å². The maximum Gasteiger partial charge on any atom is 0.129 e. The van der Waals surface area contributed by atoms with Crippen LogP contribution in [0.4, 0.5) is 0 Å². The number of phenols is 1. The first-order valence-electron chi connectivity index (χ1n) is 6.85. The molecule has 0 unspecified atom stereocenters. The average Bonchev–Trinajstić information content (AvgIpc) is 2.95.